The molecule has 0 saturated carbocycles. The number of nitrogens with one attached hydrogen (secondary N) is 2. The summed E-state index contributed by atoms with van der Waals surface area (Å²) < 4.78 is 33.8. The van der Waals surface area contributed by atoms with Crippen LogP contribution in [0.3, 0.4) is 0 Å². The number of amides is 2. The van der Waals surface area contributed by atoms with Gasteiger partial charge in [0.05, 0.1) is 38.6 Å². The lowest BCUT2D eigenvalue weighted by Crippen LogP contribution is -2.66. The van der Waals surface area contributed by atoms with E-state index in [1.807, 2.05) is 0 Å². The lowest BCUT2D eigenvalue weighted by molar-refractivity contribution is -0.371. The highest BCUT2D eigenvalue weighted by Crippen LogP contribution is 2.31. The first-order valence-electron chi connectivity index (χ1n) is 16.4. The summed E-state index contributed by atoms with van der Waals surface area (Å²) in [7, 11) is 0. The first-order valence-corrected chi connectivity index (χ1v) is 16.4. The van der Waals surface area contributed by atoms with Crippen LogP contribution >= 0.6 is 0 Å². The molecule has 22 heteroatoms. The SMILES string of the molecule is CC[C@@H](O)C(=O)N[C@@H](COC1OC(COC2OC(CO)C(O)C(O)C2NC(C)=O)C(O)C(O)C1OC1OC(CO)C(O)C(O)C1O)[C@H](O)[C@@H](C)O. The molecule has 298 valence electrons. The minimum absolute atomic E-state index is 0.000760. The second-order valence-corrected chi connectivity index (χ2v) is 12.7. The minimum atomic E-state index is -2.00. The zero-order chi connectivity index (χ0) is 38.3. The number of ether oxygens (including phenoxy) is 6. The van der Waals surface area contributed by atoms with Gasteiger partial charge in [-0.3, -0.25) is 9.59 Å². The van der Waals surface area contributed by atoms with E-state index in [0.717, 1.165) is 6.92 Å². The molecule has 14 N–H and O–H groups in total. The van der Waals surface area contributed by atoms with E-state index in [2.05, 4.69) is 10.6 Å². The Morgan fingerprint density at radius 3 is 1.82 bits per heavy atom. The summed E-state index contributed by atoms with van der Waals surface area (Å²) in [6.45, 7) is 0.844. The summed E-state index contributed by atoms with van der Waals surface area (Å²) in [4.78, 5) is 24.3. The van der Waals surface area contributed by atoms with Gasteiger partial charge in [-0.25, -0.2) is 0 Å². The van der Waals surface area contributed by atoms with Crippen LogP contribution < -0.4 is 10.6 Å². The Bertz CT molecular complexity index is 1090. The van der Waals surface area contributed by atoms with E-state index in [9.17, 15) is 70.9 Å². The summed E-state index contributed by atoms with van der Waals surface area (Å²) in [5, 5.41) is 129. The molecule has 2 amide bonds. The van der Waals surface area contributed by atoms with E-state index in [0.29, 0.717) is 0 Å². The number of carbonyl (C=O) groups excluding carboxylic acids is 2. The van der Waals surface area contributed by atoms with Gasteiger partial charge < -0.3 is 100 Å². The number of aliphatic hydroxyl groups is 12. The van der Waals surface area contributed by atoms with Gasteiger partial charge >= 0.3 is 0 Å². The van der Waals surface area contributed by atoms with E-state index < -0.39 is 155 Å². The Balaban J connectivity index is 1.88. The van der Waals surface area contributed by atoms with Crippen molar-refractivity contribution in [3.8, 4) is 0 Å². The van der Waals surface area contributed by atoms with Crippen LogP contribution in [0, 0.1) is 0 Å². The average Bonchev–Trinajstić information content (AvgIpc) is 3.10. The Kier molecular flexibility index (Phi) is 16.7. The first kappa shape index (κ1) is 43.6. The van der Waals surface area contributed by atoms with Crippen molar-refractivity contribution in [2.24, 2.45) is 0 Å². The molecule has 0 spiro atoms. The second-order valence-electron chi connectivity index (χ2n) is 12.7. The van der Waals surface area contributed by atoms with Crippen molar-refractivity contribution in [3.63, 3.8) is 0 Å². The summed E-state index contributed by atoms with van der Waals surface area (Å²) >= 11 is 0. The number of rotatable bonds is 16. The molecule has 3 aliphatic heterocycles. The number of hydrogen-bond acceptors (Lipinski definition) is 20. The normalized spacial score (nSPS) is 41.3. The van der Waals surface area contributed by atoms with Gasteiger partial charge in [0.25, 0.3) is 0 Å². The highest BCUT2D eigenvalue weighted by molar-refractivity contribution is 5.80. The van der Waals surface area contributed by atoms with E-state index in [1.165, 1.54) is 13.8 Å². The molecule has 22 nitrogen and oxygen atoms in total. The zero-order valence-electron chi connectivity index (χ0n) is 28.1. The van der Waals surface area contributed by atoms with Crippen LogP contribution in [0.25, 0.3) is 0 Å². The average molecular weight is 749 g/mol. The molecule has 3 fully saturated rings. The Labute approximate surface area is 292 Å². The molecule has 0 radical (unpaired) electrons. The van der Waals surface area contributed by atoms with Crippen molar-refractivity contribution in [3.05, 3.63) is 0 Å². The van der Waals surface area contributed by atoms with Crippen molar-refractivity contribution in [2.75, 3.05) is 26.4 Å². The van der Waals surface area contributed by atoms with Gasteiger partial charge in [-0.2, -0.15) is 0 Å². The maximum atomic E-state index is 12.5. The van der Waals surface area contributed by atoms with Crippen molar-refractivity contribution in [1.29, 1.82) is 0 Å². The molecule has 0 bridgehead atoms. The molecule has 0 aromatic heterocycles. The van der Waals surface area contributed by atoms with E-state index in [-0.39, 0.29) is 6.42 Å². The van der Waals surface area contributed by atoms with Crippen LogP contribution in [0.1, 0.15) is 27.2 Å². The first-order chi connectivity index (χ1) is 24.0. The van der Waals surface area contributed by atoms with Crippen LogP contribution in [-0.2, 0) is 38.0 Å². The second kappa shape index (κ2) is 19.5. The molecule has 3 heterocycles. The van der Waals surface area contributed by atoms with Crippen molar-refractivity contribution in [2.45, 2.75) is 144 Å². The monoisotopic (exact) mass is 748 g/mol. The fraction of sp³-hybridized carbons (Fsp3) is 0.931. The molecular formula is C29H52N2O20. The molecule has 3 aliphatic rings. The van der Waals surface area contributed by atoms with Gasteiger partial charge in [0.1, 0.15) is 85.4 Å². The number of aliphatic hydroxyl groups excluding tert-OH is 12. The summed E-state index contributed by atoms with van der Waals surface area (Å²) in [5.41, 5.74) is 0. The van der Waals surface area contributed by atoms with Crippen LogP contribution in [-0.4, -0.2) is 216 Å². The quantitative estimate of drug-likeness (QED) is 0.0697. The van der Waals surface area contributed by atoms with Gasteiger partial charge in [-0.05, 0) is 13.3 Å². The third-order valence-electron chi connectivity index (χ3n) is 8.82. The molecule has 0 aliphatic carbocycles. The zero-order valence-corrected chi connectivity index (χ0v) is 28.1. The lowest BCUT2D eigenvalue weighted by Gasteiger charge is -2.47. The van der Waals surface area contributed by atoms with E-state index in [1.54, 1.807) is 0 Å². The standard InChI is InChI=1S/C29H52N2O20/c1-4-12(36)26(45)31-11(17(37)9(2)34)7-46-29-25(51-28-24(44)22(42)19(39)14(6-33)49-28)23(43)20(40)15(50-29)8-47-27-16(30-10(3)35)21(41)18(38)13(5-32)48-27/h9,11-25,27-29,32-34,36-44H,4-8H2,1-3H3,(H,30,35)(H,31,45)/t9-,11+,12-,13?,14?,15?,16?,17-,18?,19?,20?,21?,22?,23?,24?,25?,27?,28?,29?/m1/s1. The van der Waals surface area contributed by atoms with Crippen LogP contribution in [0.4, 0.5) is 0 Å². The molecule has 3 rings (SSSR count). The predicted molar refractivity (Wildman–Crippen MR) is 162 cm³/mol. The van der Waals surface area contributed by atoms with Crippen molar-refractivity contribution < 1.29 is 99.3 Å². The fourth-order valence-corrected chi connectivity index (χ4v) is 5.68. The molecule has 15 unspecified atom stereocenters. The van der Waals surface area contributed by atoms with E-state index >= 15 is 0 Å². The van der Waals surface area contributed by atoms with Crippen molar-refractivity contribution in [1.82, 2.24) is 10.6 Å². The molecule has 3 saturated heterocycles. The summed E-state index contributed by atoms with van der Waals surface area (Å²) in [5.74, 6) is -1.58. The minimum Gasteiger partial charge on any atom is -0.394 e. The predicted octanol–water partition coefficient (Wildman–Crippen LogP) is -8.41. The lowest BCUT2D eigenvalue weighted by atomic mass is 9.96. The Morgan fingerprint density at radius 2 is 1.27 bits per heavy atom. The summed E-state index contributed by atoms with van der Waals surface area (Å²) in [6, 6.07) is -2.81. The Hall–Kier alpha value is -1.78. The van der Waals surface area contributed by atoms with Crippen LogP contribution in [0.5, 0.6) is 0 Å². The van der Waals surface area contributed by atoms with Crippen molar-refractivity contribution >= 4 is 11.8 Å². The topological polar surface area (TPSA) is 356 Å². The molecule has 0 aromatic carbocycles. The fourth-order valence-electron chi connectivity index (χ4n) is 5.68. The molecule has 19 atom stereocenters. The molecular weight excluding hydrogens is 696 g/mol. The maximum Gasteiger partial charge on any atom is 0.249 e. The molecule has 0 aromatic rings. The van der Waals surface area contributed by atoms with Gasteiger partial charge in [-0.1, -0.05) is 6.92 Å². The highest BCUT2D eigenvalue weighted by atomic mass is 16.8. The van der Waals surface area contributed by atoms with Crippen LogP contribution in [0.2, 0.25) is 0 Å². The third kappa shape index (κ3) is 10.7. The largest absolute Gasteiger partial charge is 0.394 e. The third-order valence-corrected chi connectivity index (χ3v) is 8.82. The van der Waals surface area contributed by atoms with Crippen LogP contribution in [0.15, 0.2) is 0 Å². The number of hydrogen-bond donors (Lipinski definition) is 14. The van der Waals surface area contributed by atoms with Gasteiger partial charge in [0, 0.05) is 6.92 Å². The smallest absolute Gasteiger partial charge is 0.249 e. The number of carbonyl (C=O) groups is 2. The van der Waals surface area contributed by atoms with Gasteiger partial charge in [0.15, 0.2) is 18.9 Å². The molecule has 51 heavy (non-hydrogen) atoms. The summed E-state index contributed by atoms with van der Waals surface area (Å²) in [6.07, 6.45) is -28.9. The maximum absolute atomic E-state index is 12.5. The highest BCUT2D eigenvalue weighted by Gasteiger charge is 2.52. The Morgan fingerprint density at radius 1 is 0.725 bits per heavy atom. The van der Waals surface area contributed by atoms with Gasteiger partial charge in [-0.15, -0.1) is 0 Å². The van der Waals surface area contributed by atoms with Gasteiger partial charge in [0.2, 0.25) is 11.8 Å². The van der Waals surface area contributed by atoms with E-state index in [4.69, 9.17) is 28.4 Å².